The first-order chi connectivity index (χ1) is 10.8. The highest BCUT2D eigenvalue weighted by Crippen LogP contribution is 2.27. The summed E-state index contributed by atoms with van der Waals surface area (Å²) in [6, 6.07) is -2.27. The summed E-state index contributed by atoms with van der Waals surface area (Å²) in [6.07, 6.45) is -4.01. The highest BCUT2D eigenvalue weighted by atomic mass is 16.7. The second kappa shape index (κ2) is 7.68. The van der Waals surface area contributed by atoms with E-state index >= 15 is 0 Å². The fraction of sp³-hybridized carbons (Fsp3) is 1.00. The third-order valence-electron chi connectivity index (χ3n) is 4.85. The van der Waals surface area contributed by atoms with Crippen molar-refractivity contribution in [2.75, 3.05) is 7.05 Å². The third kappa shape index (κ3) is 3.84. The van der Waals surface area contributed by atoms with E-state index in [1.54, 1.807) is 7.05 Å². The maximum Gasteiger partial charge on any atom is 0.173 e. The summed E-state index contributed by atoms with van der Waals surface area (Å²) in [5.74, 6) is 0. The summed E-state index contributed by atoms with van der Waals surface area (Å²) in [7, 11) is 1.58. The molecular weight excluding hydrogens is 304 g/mol. The second-order valence-corrected chi connectivity index (χ2v) is 6.61. The number of likely N-dealkylation sites (N-methyl/N-ethyl adjacent to an activating group) is 1. The van der Waals surface area contributed by atoms with Gasteiger partial charge in [0.15, 0.2) is 6.29 Å². The Morgan fingerprint density at radius 1 is 1.13 bits per heavy atom. The molecule has 1 aliphatic carbocycles. The van der Waals surface area contributed by atoms with Crippen LogP contribution in [-0.4, -0.2) is 83.3 Å². The fourth-order valence-corrected chi connectivity index (χ4v) is 3.29. The van der Waals surface area contributed by atoms with Gasteiger partial charge in [0, 0.05) is 6.04 Å². The van der Waals surface area contributed by atoms with Gasteiger partial charge in [0.2, 0.25) is 0 Å². The Bertz CT molecular complexity index is 388. The van der Waals surface area contributed by atoms with E-state index in [4.69, 9.17) is 26.7 Å². The number of aliphatic hydroxyl groups is 3. The predicted molar refractivity (Wildman–Crippen MR) is 83.2 cm³/mol. The van der Waals surface area contributed by atoms with Gasteiger partial charge in [-0.2, -0.15) is 0 Å². The summed E-state index contributed by atoms with van der Waals surface area (Å²) < 4.78 is 11.6. The van der Waals surface area contributed by atoms with Crippen molar-refractivity contribution in [3.63, 3.8) is 0 Å². The van der Waals surface area contributed by atoms with Crippen LogP contribution >= 0.6 is 0 Å². The van der Waals surface area contributed by atoms with Gasteiger partial charge in [-0.25, -0.2) is 0 Å². The van der Waals surface area contributed by atoms with E-state index in [1.165, 1.54) is 0 Å². The Hall–Kier alpha value is -0.360. The first kappa shape index (κ1) is 19.0. The monoisotopic (exact) mass is 334 g/mol. The van der Waals surface area contributed by atoms with Gasteiger partial charge in [-0.1, -0.05) is 0 Å². The molecule has 9 heteroatoms. The van der Waals surface area contributed by atoms with Crippen LogP contribution in [0.4, 0.5) is 0 Å². The molecule has 1 heterocycles. The zero-order valence-corrected chi connectivity index (χ0v) is 13.6. The lowest BCUT2D eigenvalue weighted by Crippen LogP contribution is -2.71. The van der Waals surface area contributed by atoms with Crippen LogP contribution in [0.1, 0.15) is 19.8 Å². The standard InChI is InChI=1S/C14H30N4O5/c1-5(15)7-4-3-6(16)14(22-7)23-13-8(17)10(19)11(20)9(18-2)12(13)21/h5-14,18-21H,3-4,15-17H2,1-2H3/t5?,6-,7+,8+,9-,10+,11-,12-,13-,14-/m1/s1. The molecule has 0 bridgehead atoms. The van der Waals surface area contributed by atoms with Gasteiger partial charge in [-0.15, -0.1) is 0 Å². The van der Waals surface area contributed by atoms with E-state index in [1.807, 2.05) is 6.92 Å². The van der Waals surface area contributed by atoms with Crippen molar-refractivity contribution in [1.29, 1.82) is 0 Å². The van der Waals surface area contributed by atoms with Crippen LogP contribution in [0.3, 0.4) is 0 Å². The lowest BCUT2D eigenvalue weighted by molar-refractivity contribution is -0.261. The number of nitrogens with one attached hydrogen (secondary N) is 1. The quantitative estimate of drug-likeness (QED) is 0.276. The van der Waals surface area contributed by atoms with Gasteiger partial charge in [0.1, 0.15) is 6.10 Å². The van der Waals surface area contributed by atoms with Gasteiger partial charge < -0.3 is 47.3 Å². The zero-order chi connectivity index (χ0) is 17.3. The van der Waals surface area contributed by atoms with Crippen molar-refractivity contribution in [1.82, 2.24) is 5.32 Å². The maximum absolute atomic E-state index is 10.4. The van der Waals surface area contributed by atoms with E-state index in [-0.39, 0.29) is 18.2 Å². The molecule has 0 amide bonds. The number of hydrogen-bond acceptors (Lipinski definition) is 9. The molecule has 2 fully saturated rings. The van der Waals surface area contributed by atoms with Crippen LogP contribution in [0.25, 0.3) is 0 Å². The minimum atomic E-state index is -1.23. The highest BCUT2D eigenvalue weighted by molar-refractivity contribution is 5.04. The van der Waals surface area contributed by atoms with Crippen LogP contribution in [0.2, 0.25) is 0 Å². The molecule has 0 radical (unpaired) electrons. The van der Waals surface area contributed by atoms with Gasteiger partial charge in [0.05, 0.1) is 42.5 Å². The van der Waals surface area contributed by atoms with Gasteiger partial charge in [0.25, 0.3) is 0 Å². The van der Waals surface area contributed by atoms with Gasteiger partial charge in [-0.3, -0.25) is 0 Å². The fourth-order valence-electron chi connectivity index (χ4n) is 3.29. The number of nitrogens with two attached hydrogens (primary N) is 3. The highest BCUT2D eigenvalue weighted by Gasteiger charge is 2.49. The van der Waals surface area contributed by atoms with Crippen LogP contribution in [0.5, 0.6) is 0 Å². The number of aliphatic hydroxyl groups excluding tert-OH is 3. The van der Waals surface area contributed by atoms with Crippen LogP contribution in [0, 0.1) is 0 Å². The summed E-state index contributed by atoms with van der Waals surface area (Å²) in [5.41, 5.74) is 17.8. The SMILES string of the molecule is CN[C@H]1[C@@H](O)[C@H](O[C@H]2O[C@H](C(C)N)CC[C@H]2N)[C@@H](N)[C@H](O)[C@@H]1O. The summed E-state index contributed by atoms with van der Waals surface area (Å²) >= 11 is 0. The zero-order valence-electron chi connectivity index (χ0n) is 13.6. The molecule has 23 heavy (non-hydrogen) atoms. The molecule has 0 aromatic rings. The largest absolute Gasteiger partial charge is 0.389 e. The first-order valence-corrected chi connectivity index (χ1v) is 8.07. The van der Waals surface area contributed by atoms with Crippen molar-refractivity contribution < 1.29 is 24.8 Å². The molecule has 2 rings (SSSR count). The normalized spacial score (nSPS) is 49.8. The summed E-state index contributed by atoms with van der Waals surface area (Å²) in [6.45, 7) is 1.84. The molecule has 9 nitrogen and oxygen atoms in total. The van der Waals surface area contributed by atoms with Crippen LogP contribution in [-0.2, 0) is 9.47 Å². The lowest BCUT2D eigenvalue weighted by atomic mass is 9.82. The van der Waals surface area contributed by atoms with E-state index in [0.29, 0.717) is 6.42 Å². The first-order valence-electron chi connectivity index (χ1n) is 8.07. The van der Waals surface area contributed by atoms with Crippen molar-refractivity contribution in [3.8, 4) is 0 Å². The van der Waals surface area contributed by atoms with Crippen molar-refractivity contribution in [2.24, 2.45) is 17.2 Å². The molecule has 10 atom stereocenters. The van der Waals surface area contributed by atoms with E-state index in [2.05, 4.69) is 5.32 Å². The Labute approximate surface area is 136 Å². The van der Waals surface area contributed by atoms with Crippen LogP contribution < -0.4 is 22.5 Å². The second-order valence-electron chi connectivity index (χ2n) is 6.61. The van der Waals surface area contributed by atoms with E-state index in [9.17, 15) is 15.3 Å². The minimum Gasteiger partial charge on any atom is -0.389 e. The molecule has 0 aromatic heterocycles. The molecule has 136 valence electrons. The molecule has 2 aliphatic rings. The Morgan fingerprint density at radius 2 is 1.78 bits per heavy atom. The maximum atomic E-state index is 10.4. The average molecular weight is 334 g/mol. The molecule has 1 unspecified atom stereocenters. The Kier molecular flexibility index (Phi) is 6.34. The smallest absolute Gasteiger partial charge is 0.173 e. The van der Waals surface area contributed by atoms with Crippen molar-refractivity contribution in [2.45, 2.75) is 80.7 Å². The van der Waals surface area contributed by atoms with Gasteiger partial charge in [-0.05, 0) is 26.8 Å². The molecular formula is C14H30N4O5. The van der Waals surface area contributed by atoms with E-state index in [0.717, 1.165) is 6.42 Å². The number of ether oxygens (including phenoxy) is 2. The lowest BCUT2D eigenvalue weighted by Gasteiger charge is -2.47. The minimum absolute atomic E-state index is 0.170. The topological polar surface area (TPSA) is 169 Å². The molecule has 10 N–H and O–H groups in total. The Balaban J connectivity index is 2.09. The van der Waals surface area contributed by atoms with Gasteiger partial charge >= 0.3 is 0 Å². The van der Waals surface area contributed by atoms with Crippen molar-refractivity contribution in [3.05, 3.63) is 0 Å². The summed E-state index contributed by atoms with van der Waals surface area (Å²) in [5, 5.41) is 33.3. The molecule has 1 aliphatic heterocycles. The predicted octanol–water partition coefficient (Wildman–Crippen LogP) is -3.44. The number of rotatable bonds is 4. The Morgan fingerprint density at radius 3 is 2.35 bits per heavy atom. The third-order valence-corrected chi connectivity index (χ3v) is 4.85. The molecule has 0 aromatic carbocycles. The van der Waals surface area contributed by atoms with E-state index < -0.39 is 42.8 Å². The summed E-state index contributed by atoms with van der Waals surface area (Å²) in [4.78, 5) is 0. The van der Waals surface area contributed by atoms with Crippen molar-refractivity contribution >= 4 is 0 Å². The molecule has 0 spiro atoms. The molecule has 1 saturated carbocycles. The number of hydrogen-bond donors (Lipinski definition) is 7. The van der Waals surface area contributed by atoms with Crippen LogP contribution in [0.15, 0.2) is 0 Å². The molecule has 1 saturated heterocycles. The average Bonchev–Trinajstić information content (AvgIpc) is 2.51.